The summed E-state index contributed by atoms with van der Waals surface area (Å²) in [5, 5.41) is 5.84. The zero-order chi connectivity index (χ0) is 15.7. The van der Waals surface area contributed by atoms with Crippen LogP contribution in [0.25, 0.3) is 0 Å². The number of ether oxygens (including phenoxy) is 2. The number of benzene rings is 1. The molecule has 0 aliphatic carbocycles. The number of hydrogen-bond acceptors (Lipinski definition) is 4. The molecule has 0 fully saturated rings. The van der Waals surface area contributed by atoms with E-state index in [-0.39, 0.29) is 12.0 Å². The number of carbonyl (C=O) groups excluding carboxylic acids is 1. The van der Waals surface area contributed by atoms with Crippen molar-refractivity contribution in [1.82, 2.24) is 10.6 Å². The zero-order valence-corrected chi connectivity index (χ0v) is 13.4. The van der Waals surface area contributed by atoms with Crippen molar-refractivity contribution in [2.24, 2.45) is 0 Å². The van der Waals surface area contributed by atoms with Gasteiger partial charge >= 0.3 is 0 Å². The monoisotopic (exact) mass is 294 g/mol. The van der Waals surface area contributed by atoms with Crippen LogP contribution >= 0.6 is 0 Å². The summed E-state index contributed by atoms with van der Waals surface area (Å²) in [6, 6.07) is 5.89. The molecule has 1 unspecified atom stereocenters. The van der Waals surface area contributed by atoms with Crippen LogP contribution in [0, 0.1) is 0 Å². The van der Waals surface area contributed by atoms with E-state index >= 15 is 0 Å². The SMILES string of the molecule is CCC(C)Oc1cc(CNCCC(=O)NC)ccc1OC. The average Bonchev–Trinajstić information content (AvgIpc) is 2.51. The van der Waals surface area contributed by atoms with Gasteiger partial charge in [0.25, 0.3) is 0 Å². The van der Waals surface area contributed by atoms with Crippen molar-refractivity contribution < 1.29 is 14.3 Å². The van der Waals surface area contributed by atoms with E-state index in [0.29, 0.717) is 19.5 Å². The Bertz CT molecular complexity index is 449. The van der Waals surface area contributed by atoms with Gasteiger partial charge in [0.15, 0.2) is 11.5 Å². The first kappa shape index (κ1) is 17.3. The van der Waals surface area contributed by atoms with Gasteiger partial charge in [-0.15, -0.1) is 0 Å². The van der Waals surface area contributed by atoms with E-state index in [1.807, 2.05) is 25.1 Å². The van der Waals surface area contributed by atoms with Crippen LogP contribution in [0.4, 0.5) is 0 Å². The van der Waals surface area contributed by atoms with Crippen LogP contribution in [0.1, 0.15) is 32.3 Å². The molecule has 5 heteroatoms. The minimum atomic E-state index is 0.0398. The van der Waals surface area contributed by atoms with Gasteiger partial charge < -0.3 is 20.1 Å². The first-order valence-electron chi connectivity index (χ1n) is 7.35. The summed E-state index contributed by atoms with van der Waals surface area (Å²) in [5.74, 6) is 1.54. The Kier molecular flexibility index (Phi) is 7.61. The maximum Gasteiger partial charge on any atom is 0.221 e. The molecule has 0 spiro atoms. The molecule has 5 nitrogen and oxygen atoms in total. The molecule has 1 atom stereocenters. The van der Waals surface area contributed by atoms with Crippen LogP contribution in [-0.2, 0) is 11.3 Å². The van der Waals surface area contributed by atoms with E-state index in [1.54, 1.807) is 14.2 Å². The highest BCUT2D eigenvalue weighted by molar-refractivity contribution is 5.75. The summed E-state index contributed by atoms with van der Waals surface area (Å²) in [5.41, 5.74) is 1.10. The Morgan fingerprint density at radius 2 is 2.10 bits per heavy atom. The van der Waals surface area contributed by atoms with Crippen LogP contribution in [0.5, 0.6) is 11.5 Å². The molecule has 0 aromatic heterocycles. The Labute approximate surface area is 127 Å². The van der Waals surface area contributed by atoms with Crippen molar-refractivity contribution in [2.75, 3.05) is 20.7 Å². The number of rotatable bonds is 9. The lowest BCUT2D eigenvalue weighted by Gasteiger charge is -2.16. The van der Waals surface area contributed by atoms with Crippen molar-refractivity contribution in [1.29, 1.82) is 0 Å². The van der Waals surface area contributed by atoms with Gasteiger partial charge in [-0.25, -0.2) is 0 Å². The molecule has 0 aliphatic heterocycles. The van der Waals surface area contributed by atoms with Gasteiger partial charge in [0.05, 0.1) is 13.2 Å². The lowest BCUT2D eigenvalue weighted by molar-refractivity contribution is -0.120. The van der Waals surface area contributed by atoms with Crippen LogP contribution in [0.3, 0.4) is 0 Å². The normalized spacial score (nSPS) is 11.8. The van der Waals surface area contributed by atoms with Crippen molar-refractivity contribution >= 4 is 5.91 Å². The highest BCUT2D eigenvalue weighted by Crippen LogP contribution is 2.29. The van der Waals surface area contributed by atoms with Crippen molar-refractivity contribution in [3.8, 4) is 11.5 Å². The number of hydrogen-bond donors (Lipinski definition) is 2. The van der Waals surface area contributed by atoms with Gasteiger partial charge in [0, 0.05) is 26.6 Å². The molecule has 1 rings (SSSR count). The Morgan fingerprint density at radius 1 is 1.33 bits per heavy atom. The molecule has 2 N–H and O–H groups in total. The Balaban J connectivity index is 2.58. The predicted molar refractivity (Wildman–Crippen MR) is 83.8 cm³/mol. The molecule has 1 amide bonds. The summed E-state index contributed by atoms with van der Waals surface area (Å²) in [6.45, 7) is 5.46. The average molecular weight is 294 g/mol. The van der Waals surface area contributed by atoms with Crippen LogP contribution in [-0.4, -0.2) is 32.7 Å². The fourth-order valence-corrected chi connectivity index (χ4v) is 1.78. The summed E-state index contributed by atoms with van der Waals surface area (Å²) in [4.78, 5) is 11.1. The molecule has 0 saturated heterocycles. The topological polar surface area (TPSA) is 59.6 Å². The second-order valence-corrected chi connectivity index (χ2v) is 4.92. The first-order chi connectivity index (χ1) is 10.1. The van der Waals surface area contributed by atoms with Gasteiger partial charge in [0.1, 0.15) is 0 Å². The highest BCUT2D eigenvalue weighted by Gasteiger charge is 2.09. The number of carbonyl (C=O) groups is 1. The molecule has 0 aliphatic rings. The minimum absolute atomic E-state index is 0.0398. The van der Waals surface area contributed by atoms with E-state index < -0.39 is 0 Å². The minimum Gasteiger partial charge on any atom is -0.493 e. The summed E-state index contributed by atoms with van der Waals surface area (Å²) in [6.07, 6.45) is 1.57. The molecule has 0 heterocycles. The summed E-state index contributed by atoms with van der Waals surface area (Å²) in [7, 11) is 3.28. The van der Waals surface area contributed by atoms with E-state index in [2.05, 4.69) is 17.6 Å². The summed E-state index contributed by atoms with van der Waals surface area (Å²) < 4.78 is 11.2. The van der Waals surface area contributed by atoms with E-state index in [0.717, 1.165) is 23.5 Å². The second-order valence-electron chi connectivity index (χ2n) is 4.92. The van der Waals surface area contributed by atoms with E-state index in [9.17, 15) is 4.79 Å². The third-order valence-corrected chi connectivity index (χ3v) is 3.27. The molecule has 1 aromatic carbocycles. The fraction of sp³-hybridized carbons (Fsp3) is 0.562. The largest absolute Gasteiger partial charge is 0.493 e. The van der Waals surface area contributed by atoms with Gasteiger partial charge in [-0.2, -0.15) is 0 Å². The predicted octanol–water partition coefficient (Wildman–Crippen LogP) is 2.10. The van der Waals surface area contributed by atoms with Crippen molar-refractivity contribution in [3.63, 3.8) is 0 Å². The third kappa shape index (κ3) is 6.04. The maximum absolute atomic E-state index is 11.1. The van der Waals surface area contributed by atoms with Crippen LogP contribution in [0.2, 0.25) is 0 Å². The van der Waals surface area contributed by atoms with Gasteiger partial charge in [-0.05, 0) is 31.0 Å². The van der Waals surface area contributed by atoms with Crippen LogP contribution in [0.15, 0.2) is 18.2 Å². The summed E-state index contributed by atoms with van der Waals surface area (Å²) >= 11 is 0. The van der Waals surface area contributed by atoms with Crippen molar-refractivity contribution in [3.05, 3.63) is 23.8 Å². The quantitative estimate of drug-likeness (QED) is 0.685. The molecule has 0 saturated carbocycles. The standard InChI is InChI=1S/C16H26N2O3/c1-5-12(2)21-15-10-13(6-7-14(15)20-4)11-18-9-8-16(19)17-3/h6-7,10,12,18H,5,8-9,11H2,1-4H3,(H,17,19). The highest BCUT2D eigenvalue weighted by atomic mass is 16.5. The van der Waals surface area contributed by atoms with Gasteiger partial charge in [-0.3, -0.25) is 4.79 Å². The van der Waals surface area contributed by atoms with E-state index in [1.165, 1.54) is 0 Å². The molecule has 1 aromatic rings. The van der Waals surface area contributed by atoms with Crippen molar-refractivity contribution in [2.45, 2.75) is 39.3 Å². The second kappa shape index (κ2) is 9.23. The van der Waals surface area contributed by atoms with Gasteiger partial charge in [0.2, 0.25) is 5.91 Å². The Hall–Kier alpha value is -1.75. The zero-order valence-electron chi connectivity index (χ0n) is 13.4. The maximum atomic E-state index is 11.1. The number of methoxy groups -OCH3 is 1. The lowest BCUT2D eigenvalue weighted by Crippen LogP contribution is -2.24. The molecule has 0 radical (unpaired) electrons. The molecular weight excluding hydrogens is 268 g/mol. The molecule has 21 heavy (non-hydrogen) atoms. The van der Waals surface area contributed by atoms with Gasteiger partial charge in [-0.1, -0.05) is 13.0 Å². The molecule has 118 valence electrons. The Morgan fingerprint density at radius 3 is 2.71 bits per heavy atom. The number of nitrogens with one attached hydrogen (secondary N) is 2. The van der Waals surface area contributed by atoms with E-state index in [4.69, 9.17) is 9.47 Å². The van der Waals surface area contributed by atoms with Crippen LogP contribution < -0.4 is 20.1 Å². The fourth-order valence-electron chi connectivity index (χ4n) is 1.78. The molecular formula is C16H26N2O3. The molecule has 0 bridgehead atoms. The number of amides is 1. The first-order valence-corrected chi connectivity index (χ1v) is 7.35. The smallest absolute Gasteiger partial charge is 0.221 e. The third-order valence-electron chi connectivity index (χ3n) is 3.27. The lowest BCUT2D eigenvalue weighted by atomic mass is 10.2.